The van der Waals surface area contributed by atoms with Crippen molar-refractivity contribution >= 4 is 0 Å². The van der Waals surface area contributed by atoms with Gasteiger partial charge in [0.15, 0.2) is 0 Å². The molecule has 0 heterocycles. The molecule has 0 saturated heterocycles. The molecule has 0 radical (unpaired) electrons. The number of benzene rings is 1. The predicted molar refractivity (Wildman–Crippen MR) is 76.4 cm³/mol. The first-order valence-corrected chi connectivity index (χ1v) is 7.13. The molecule has 2 heteroatoms. The van der Waals surface area contributed by atoms with Crippen LogP contribution in [0.2, 0.25) is 0 Å². The fraction of sp³-hybridized carbons (Fsp3) is 0.625. The average Bonchev–Trinajstić information content (AvgIpc) is 2.36. The van der Waals surface area contributed by atoms with Crippen molar-refractivity contribution in [2.45, 2.75) is 46.0 Å². The minimum Gasteiger partial charge on any atom is -0.316 e. The van der Waals surface area contributed by atoms with Crippen molar-refractivity contribution in [3.8, 4) is 0 Å². The van der Waals surface area contributed by atoms with Crippen LogP contribution in [0, 0.1) is 11.7 Å². The third-order valence-corrected chi connectivity index (χ3v) is 3.45. The zero-order chi connectivity index (χ0) is 13.4. The van der Waals surface area contributed by atoms with E-state index in [1.165, 1.54) is 24.8 Å². The highest BCUT2D eigenvalue weighted by molar-refractivity contribution is 5.21. The van der Waals surface area contributed by atoms with Gasteiger partial charge in [0.05, 0.1) is 0 Å². The molecule has 0 bridgehead atoms. The highest BCUT2D eigenvalue weighted by Crippen LogP contribution is 2.25. The molecule has 0 aromatic heterocycles. The van der Waals surface area contributed by atoms with Crippen LogP contribution >= 0.6 is 0 Å². The Labute approximate surface area is 111 Å². The molecule has 0 aliphatic heterocycles. The summed E-state index contributed by atoms with van der Waals surface area (Å²) in [5.74, 6) is 1.07. The number of likely N-dealkylation sites (N-methyl/N-ethyl adjacent to an activating group) is 1. The summed E-state index contributed by atoms with van der Waals surface area (Å²) in [6, 6.07) is 6.99. The first-order chi connectivity index (χ1) is 8.67. The third-order valence-electron chi connectivity index (χ3n) is 3.45. The molecule has 2 atom stereocenters. The lowest BCUT2D eigenvalue weighted by atomic mass is 9.87. The Balaban J connectivity index is 2.67. The maximum atomic E-state index is 13.0. The first kappa shape index (κ1) is 15.2. The molecule has 18 heavy (non-hydrogen) atoms. The van der Waals surface area contributed by atoms with Crippen molar-refractivity contribution in [2.75, 3.05) is 13.1 Å². The molecule has 0 aliphatic rings. The van der Waals surface area contributed by atoms with Crippen LogP contribution in [-0.4, -0.2) is 13.1 Å². The van der Waals surface area contributed by atoms with Gasteiger partial charge in [-0.05, 0) is 42.5 Å². The molecule has 1 rings (SSSR count). The lowest BCUT2D eigenvalue weighted by molar-refractivity contribution is 0.422. The van der Waals surface area contributed by atoms with E-state index in [0.29, 0.717) is 5.92 Å². The number of halogens is 1. The molecular formula is C16H26FN. The van der Waals surface area contributed by atoms with Crippen LogP contribution in [0.15, 0.2) is 24.3 Å². The number of hydrogen-bond acceptors (Lipinski definition) is 1. The van der Waals surface area contributed by atoms with Gasteiger partial charge in [-0.15, -0.1) is 0 Å². The van der Waals surface area contributed by atoms with Crippen molar-refractivity contribution in [2.24, 2.45) is 5.92 Å². The summed E-state index contributed by atoms with van der Waals surface area (Å²) < 4.78 is 13.0. The van der Waals surface area contributed by atoms with Crippen molar-refractivity contribution in [1.29, 1.82) is 0 Å². The van der Waals surface area contributed by atoms with Crippen LogP contribution in [0.5, 0.6) is 0 Å². The van der Waals surface area contributed by atoms with E-state index in [1.54, 1.807) is 12.1 Å². The summed E-state index contributed by atoms with van der Waals surface area (Å²) >= 11 is 0. The molecule has 2 unspecified atom stereocenters. The number of nitrogens with one attached hydrogen (secondary N) is 1. The van der Waals surface area contributed by atoms with E-state index in [0.717, 1.165) is 19.0 Å². The maximum absolute atomic E-state index is 13.0. The molecular weight excluding hydrogens is 225 g/mol. The van der Waals surface area contributed by atoms with Crippen LogP contribution in [0.1, 0.15) is 51.5 Å². The second-order valence-corrected chi connectivity index (χ2v) is 5.19. The second-order valence-electron chi connectivity index (χ2n) is 5.19. The van der Waals surface area contributed by atoms with Crippen molar-refractivity contribution in [3.05, 3.63) is 35.6 Å². The summed E-state index contributed by atoms with van der Waals surface area (Å²) in [5.41, 5.74) is 1.25. The van der Waals surface area contributed by atoms with E-state index in [-0.39, 0.29) is 5.82 Å². The number of rotatable bonds is 8. The Morgan fingerprint density at radius 1 is 1.17 bits per heavy atom. The third kappa shape index (κ3) is 5.18. The largest absolute Gasteiger partial charge is 0.316 e. The molecule has 1 aromatic rings. The molecule has 1 N–H and O–H groups in total. The molecule has 1 nitrogen and oxygen atoms in total. The van der Waals surface area contributed by atoms with Crippen LogP contribution in [0.25, 0.3) is 0 Å². The summed E-state index contributed by atoms with van der Waals surface area (Å²) in [6.07, 6.45) is 3.68. The smallest absolute Gasteiger partial charge is 0.123 e. The lowest BCUT2D eigenvalue weighted by Gasteiger charge is -2.21. The fourth-order valence-electron chi connectivity index (χ4n) is 2.49. The molecule has 0 spiro atoms. The van der Waals surface area contributed by atoms with Gasteiger partial charge in [-0.1, -0.05) is 45.7 Å². The van der Waals surface area contributed by atoms with Crippen LogP contribution in [-0.2, 0) is 0 Å². The van der Waals surface area contributed by atoms with Crippen molar-refractivity contribution < 1.29 is 4.39 Å². The molecule has 0 aliphatic carbocycles. The standard InChI is InChI=1S/C16H26FN/c1-4-6-13(3)11-15(12-18-5-2)14-7-9-16(17)10-8-14/h7-10,13,15,18H,4-6,11-12H2,1-3H3. The normalized spacial score (nSPS) is 14.4. The van der Waals surface area contributed by atoms with Gasteiger partial charge in [0.25, 0.3) is 0 Å². The predicted octanol–water partition coefficient (Wildman–Crippen LogP) is 4.35. The average molecular weight is 251 g/mol. The van der Waals surface area contributed by atoms with E-state index in [2.05, 4.69) is 26.1 Å². The summed E-state index contributed by atoms with van der Waals surface area (Å²) in [5, 5.41) is 3.42. The van der Waals surface area contributed by atoms with E-state index in [4.69, 9.17) is 0 Å². The highest BCUT2D eigenvalue weighted by Gasteiger charge is 2.14. The van der Waals surface area contributed by atoms with E-state index >= 15 is 0 Å². The quantitative estimate of drug-likeness (QED) is 0.724. The second kappa shape index (κ2) is 8.25. The van der Waals surface area contributed by atoms with Gasteiger partial charge >= 0.3 is 0 Å². The zero-order valence-corrected chi connectivity index (χ0v) is 11.9. The van der Waals surface area contributed by atoms with Gasteiger partial charge in [-0.3, -0.25) is 0 Å². The SMILES string of the molecule is CCCC(C)CC(CNCC)c1ccc(F)cc1. The number of hydrogen-bond donors (Lipinski definition) is 1. The lowest BCUT2D eigenvalue weighted by Crippen LogP contribution is -2.22. The van der Waals surface area contributed by atoms with Crippen LogP contribution in [0.3, 0.4) is 0 Å². The van der Waals surface area contributed by atoms with Gasteiger partial charge in [-0.25, -0.2) is 4.39 Å². The van der Waals surface area contributed by atoms with Crippen molar-refractivity contribution in [3.63, 3.8) is 0 Å². The molecule has 102 valence electrons. The van der Waals surface area contributed by atoms with Gasteiger partial charge in [0.2, 0.25) is 0 Å². The first-order valence-electron chi connectivity index (χ1n) is 7.13. The zero-order valence-electron chi connectivity index (χ0n) is 11.9. The van der Waals surface area contributed by atoms with E-state index in [1.807, 2.05) is 12.1 Å². The van der Waals surface area contributed by atoms with Gasteiger partial charge in [0.1, 0.15) is 5.82 Å². The Hall–Kier alpha value is -0.890. The fourth-order valence-corrected chi connectivity index (χ4v) is 2.49. The van der Waals surface area contributed by atoms with Crippen LogP contribution in [0.4, 0.5) is 4.39 Å². The minimum absolute atomic E-state index is 0.150. The van der Waals surface area contributed by atoms with Gasteiger partial charge in [-0.2, -0.15) is 0 Å². The summed E-state index contributed by atoms with van der Waals surface area (Å²) in [7, 11) is 0. The van der Waals surface area contributed by atoms with Crippen LogP contribution < -0.4 is 5.32 Å². The Bertz CT molecular complexity index is 320. The van der Waals surface area contributed by atoms with E-state index < -0.39 is 0 Å². The topological polar surface area (TPSA) is 12.0 Å². The van der Waals surface area contributed by atoms with Gasteiger partial charge in [0, 0.05) is 6.54 Å². The summed E-state index contributed by atoms with van der Waals surface area (Å²) in [6.45, 7) is 8.63. The Morgan fingerprint density at radius 3 is 2.39 bits per heavy atom. The molecule has 0 amide bonds. The minimum atomic E-state index is -0.150. The molecule has 1 aromatic carbocycles. The molecule has 0 saturated carbocycles. The Kier molecular flexibility index (Phi) is 6.96. The van der Waals surface area contributed by atoms with E-state index in [9.17, 15) is 4.39 Å². The molecule has 0 fully saturated rings. The highest BCUT2D eigenvalue weighted by atomic mass is 19.1. The summed E-state index contributed by atoms with van der Waals surface area (Å²) in [4.78, 5) is 0. The Morgan fingerprint density at radius 2 is 1.83 bits per heavy atom. The van der Waals surface area contributed by atoms with Crippen molar-refractivity contribution in [1.82, 2.24) is 5.32 Å². The van der Waals surface area contributed by atoms with Gasteiger partial charge < -0.3 is 5.32 Å². The maximum Gasteiger partial charge on any atom is 0.123 e. The monoisotopic (exact) mass is 251 g/mol.